The third-order valence-electron chi connectivity index (χ3n) is 4.76. The minimum atomic E-state index is -0.486. The summed E-state index contributed by atoms with van der Waals surface area (Å²) in [6.07, 6.45) is 0. The number of benzene rings is 1. The molecule has 1 fully saturated rings. The SMILES string of the molecule is Cc1noc(C(C)N2CCN(C(C)c3c(F)cccc3F)CC2)n1. The average molecular weight is 336 g/mol. The van der Waals surface area contributed by atoms with Crippen molar-refractivity contribution in [2.75, 3.05) is 26.2 Å². The highest BCUT2D eigenvalue weighted by Crippen LogP contribution is 2.28. The Morgan fingerprint density at radius 3 is 2.04 bits per heavy atom. The summed E-state index contributed by atoms with van der Waals surface area (Å²) in [5, 5.41) is 3.83. The number of halogens is 2. The second kappa shape index (κ2) is 6.94. The maximum absolute atomic E-state index is 14.0. The standard InChI is InChI=1S/C17H22F2N4O/c1-11(16-14(18)5-4-6-15(16)19)22-7-9-23(10-8-22)12(2)17-20-13(3)21-24-17/h4-6,11-12H,7-10H2,1-3H3. The molecular formula is C17H22F2N4O. The Hall–Kier alpha value is -1.86. The Morgan fingerprint density at radius 2 is 1.54 bits per heavy atom. The van der Waals surface area contributed by atoms with Crippen LogP contribution in [0.5, 0.6) is 0 Å². The molecule has 1 aliphatic rings. The van der Waals surface area contributed by atoms with Crippen LogP contribution in [-0.2, 0) is 0 Å². The summed E-state index contributed by atoms with van der Waals surface area (Å²) >= 11 is 0. The van der Waals surface area contributed by atoms with Crippen molar-refractivity contribution in [2.45, 2.75) is 32.9 Å². The second-order valence-electron chi connectivity index (χ2n) is 6.24. The van der Waals surface area contributed by atoms with Gasteiger partial charge in [-0.15, -0.1) is 0 Å². The summed E-state index contributed by atoms with van der Waals surface area (Å²) in [6.45, 7) is 8.69. The van der Waals surface area contributed by atoms with Crippen molar-refractivity contribution in [3.8, 4) is 0 Å². The molecule has 2 atom stereocenters. The Balaban J connectivity index is 1.64. The molecular weight excluding hydrogens is 314 g/mol. The van der Waals surface area contributed by atoms with E-state index in [1.54, 1.807) is 6.92 Å². The van der Waals surface area contributed by atoms with Crippen molar-refractivity contribution in [2.24, 2.45) is 0 Å². The lowest BCUT2D eigenvalue weighted by Crippen LogP contribution is -2.48. The van der Waals surface area contributed by atoms with E-state index in [1.165, 1.54) is 18.2 Å². The number of nitrogens with zero attached hydrogens (tertiary/aromatic N) is 4. The molecule has 0 radical (unpaired) electrons. The first kappa shape index (κ1) is 17.0. The maximum atomic E-state index is 14.0. The van der Waals surface area contributed by atoms with Crippen LogP contribution in [0.4, 0.5) is 8.78 Å². The van der Waals surface area contributed by atoms with Gasteiger partial charge in [-0.2, -0.15) is 4.98 Å². The van der Waals surface area contributed by atoms with E-state index in [2.05, 4.69) is 19.9 Å². The number of aryl methyl sites for hydroxylation is 1. The fourth-order valence-corrected chi connectivity index (χ4v) is 3.24. The van der Waals surface area contributed by atoms with Gasteiger partial charge in [-0.3, -0.25) is 9.80 Å². The van der Waals surface area contributed by atoms with Gasteiger partial charge in [0.15, 0.2) is 5.82 Å². The van der Waals surface area contributed by atoms with Crippen LogP contribution < -0.4 is 0 Å². The van der Waals surface area contributed by atoms with Gasteiger partial charge >= 0.3 is 0 Å². The monoisotopic (exact) mass is 336 g/mol. The predicted octanol–water partition coefficient (Wildman–Crippen LogP) is 3.10. The molecule has 24 heavy (non-hydrogen) atoms. The normalized spacial score (nSPS) is 19.4. The summed E-state index contributed by atoms with van der Waals surface area (Å²) in [5.41, 5.74) is 0.145. The summed E-state index contributed by atoms with van der Waals surface area (Å²) in [6, 6.07) is 3.76. The molecule has 0 saturated carbocycles. The molecule has 2 unspecified atom stereocenters. The molecule has 1 aliphatic heterocycles. The number of hydrogen-bond acceptors (Lipinski definition) is 5. The Bertz CT molecular complexity index is 677. The predicted molar refractivity (Wildman–Crippen MR) is 85.4 cm³/mol. The highest BCUT2D eigenvalue weighted by Gasteiger charge is 2.29. The van der Waals surface area contributed by atoms with Crippen molar-refractivity contribution in [1.82, 2.24) is 19.9 Å². The molecule has 5 nitrogen and oxygen atoms in total. The fraction of sp³-hybridized carbons (Fsp3) is 0.529. The van der Waals surface area contributed by atoms with Crippen LogP contribution in [0, 0.1) is 18.6 Å². The van der Waals surface area contributed by atoms with Gasteiger partial charge < -0.3 is 4.52 Å². The first-order chi connectivity index (χ1) is 11.5. The van der Waals surface area contributed by atoms with Crippen LogP contribution in [0.15, 0.2) is 22.7 Å². The van der Waals surface area contributed by atoms with E-state index in [9.17, 15) is 8.78 Å². The summed E-state index contributed by atoms with van der Waals surface area (Å²) in [4.78, 5) is 8.62. The van der Waals surface area contributed by atoms with Crippen LogP contribution in [0.1, 0.15) is 43.2 Å². The molecule has 1 aromatic heterocycles. The zero-order valence-electron chi connectivity index (χ0n) is 14.2. The summed E-state index contributed by atoms with van der Waals surface area (Å²) < 4.78 is 33.2. The van der Waals surface area contributed by atoms with E-state index in [1.807, 2.05) is 13.8 Å². The second-order valence-corrected chi connectivity index (χ2v) is 6.24. The quantitative estimate of drug-likeness (QED) is 0.858. The van der Waals surface area contributed by atoms with Gasteiger partial charge in [0.1, 0.15) is 11.6 Å². The number of piperazine rings is 1. The number of aromatic nitrogens is 2. The molecule has 0 aliphatic carbocycles. The van der Waals surface area contributed by atoms with Gasteiger partial charge in [-0.1, -0.05) is 11.2 Å². The zero-order valence-corrected chi connectivity index (χ0v) is 14.2. The first-order valence-electron chi connectivity index (χ1n) is 8.19. The third-order valence-corrected chi connectivity index (χ3v) is 4.76. The molecule has 2 aromatic rings. The van der Waals surface area contributed by atoms with Crippen molar-refractivity contribution < 1.29 is 13.3 Å². The lowest BCUT2D eigenvalue weighted by atomic mass is 10.0. The van der Waals surface area contributed by atoms with Crippen molar-refractivity contribution in [1.29, 1.82) is 0 Å². The fourth-order valence-electron chi connectivity index (χ4n) is 3.24. The maximum Gasteiger partial charge on any atom is 0.243 e. The summed E-state index contributed by atoms with van der Waals surface area (Å²) in [7, 11) is 0. The Labute approximate surface area is 140 Å². The van der Waals surface area contributed by atoms with Crippen LogP contribution in [0.25, 0.3) is 0 Å². The third kappa shape index (κ3) is 3.32. The van der Waals surface area contributed by atoms with Crippen LogP contribution in [0.2, 0.25) is 0 Å². The van der Waals surface area contributed by atoms with E-state index < -0.39 is 11.6 Å². The first-order valence-corrected chi connectivity index (χ1v) is 8.19. The minimum absolute atomic E-state index is 0.0360. The van der Waals surface area contributed by atoms with Gasteiger partial charge in [-0.05, 0) is 32.9 Å². The molecule has 0 amide bonds. The summed E-state index contributed by atoms with van der Waals surface area (Å²) in [5.74, 6) is 0.257. The smallest absolute Gasteiger partial charge is 0.243 e. The van der Waals surface area contributed by atoms with Gasteiger partial charge in [0.25, 0.3) is 0 Å². The lowest BCUT2D eigenvalue weighted by Gasteiger charge is -2.39. The Morgan fingerprint density at radius 1 is 1.00 bits per heavy atom. The lowest BCUT2D eigenvalue weighted by molar-refractivity contribution is 0.0659. The highest BCUT2D eigenvalue weighted by molar-refractivity contribution is 5.23. The van der Waals surface area contributed by atoms with Gasteiger partial charge in [0.2, 0.25) is 5.89 Å². The molecule has 0 spiro atoms. The minimum Gasteiger partial charge on any atom is -0.338 e. The molecule has 2 heterocycles. The van der Waals surface area contributed by atoms with Crippen molar-refractivity contribution in [3.05, 3.63) is 47.1 Å². The van der Waals surface area contributed by atoms with Gasteiger partial charge in [0, 0.05) is 37.8 Å². The number of rotatable bonds is 4. The van der Waals surface area contributed by atoms with Crippen molar-refractivity contribution in [3.63, 3.8) is 0 Å². The number of hydrogen-bond donors (Lipinski definition) is 0. The molecule has 130 valence electrons. The van der Waals surface area contributed by atoms with Crippen LogP contribution >= 0.6 is 0 Å². The highest BCUT2D eigenvalue weighted by atomic mass is 19.1. The Kier molecular flexibility index (Phi) is 4.91. The van der Waals surface area contributed by atoms with E-state index >= 15 is 0 Å². The molecule has 0 bridgehead atoms. The van der Waals surface area contributed by atoms with Crippen LogP contribution in [-0.4, -0.2) is 46.1 Å². The molecule has 7 heteroatoms. The average Bonchev–Trinajstić information content (AvgIpc) is 3.00. The molecule has 1 aromatic carbocycles. The van der Waals surface area contributed by atoms with E-state index in [0.717, 1.165) is 26.2 Å². The molecule has 1 saturated heterocycles. The van der Waals surface area contributed by atoms with Gasteiger partial charge in [-0.25, -0.2) is 8.78 Å². The van der Waals surface area contributed by atoms with Gasteiger partial charge in [0.05, 0.1) is 6.04 Å². The van der Waals surface area contributed by atoms with E-state index in [0.29, 0.717) is 11.7 Å². The van der Waals surface area contributed by atoms with E-state index in [4.69, 9.17) is 4.52 Å². The largest absolute Gasteiger partial charge is 0.338 e. The zero-order chi connectivity index (χ0) is 17.3. The van der Waals surface area contributed by atoms with Crippen LogP contribution in [0.3, 0.4) is 0 Å². The molecule has 0 N–H and O–H groups in total. The molecule has 3 rings (SSSR count). The van der Waals surface area contributed by atoms with E-state index in [-0.39, 0.29) is 17.6 Å². The van der Waals surface area contributed by atoms with Crippen molar-refractivity contribution >= 4 is 0 Å². The topological polar surface area (TPSA) is 45.4 Å².